The molecule has 0 spiro atoms. The second kappa shape index (κ2) is 8.32. The summed E-state index contributed by atoms with van der Waals surface area (Å²) in [5.41, 5.74) is 4.08. The number of hydrogen-bond donors (Lipinski definition) is 0. The molecule has 154 valence electrons. The lowest BCUT2D eigenvalue weighted by Gasteiger charge is -2.10. The Hall–Kier alpha value is -3.12. The van der Waals surface area contributed by atoms with E-state index >= 15 is 0 Å². The van der Waals surface area contributed by atoms with Gasteiger partial charge in [0.25, 0.3) is 5.56 Å². The minimum absolute atomic E-state index is 0.0426. The van der Waals surface area contributed by atoms with Gasteiger partial charge < -0.3 is 9.47 Å². The maximum atomic E-state index is 13.3. The van der Waals surface area contributed by atoms with Gasteiger partial charge in [0.1, 0.15) is 4.83 Å². The molecule has 0 amide bonds. The van der Waals surface area contributed by atoms with Crippen molar-refractivity contribution in [3.05, 3.63) is 75.7 Å². The van der Waals surface area contributed by atoms with E-state index in [1.54, 1.807) is 25.1 Å². The molecule has 0 saturated heterocycles. The van der Waals surface area contributed by atoms with Crippen LogP contribution < -0.4 is 15.0 Å². The lowest BCUT2D eigenvalue weighted by Crippen LogP contribution is -2.21. The summed E-state index contributed by atoms with van der Waals surface area (Å²) in [6.45, 7) is 4.83. The maximum Gasteiger partial charge on any atom is 0.263 e. The summed E-state index contributed by atoms with van der Waals surface area (Å²) in [4.78, 5) is 18.6. The van der Waals surface area contributed by atoms with Crippen molar-refractivity contribution in [3.63, 3.8) is 0 Å². The Labute approximate surface area is 179 Å². The van der Waals surface area contributed by atoms with Gasteiger partial charge in [-0.25, -0.2) is 4.98 Å². The highest BCUT2D eigenvalue weighted by Gasteiger charge is 2.15. The van der Waals surface area contributed by atoms with E-state index in [1.165, 1.54) is 16.9 Å². The number of ether oxygens (including phenoxy) is 2. The number of benzene rings is 2. The molecule has 6 heteroatoms. The number of fused-ring (bicyclic) bond motifs is 1. The van der Waals surface area contributed by atoms with Crippen molar-refractivity contribution in [2.24, 2.45) is 0 Å². The van der Waals surface area contributed by atoms with Crippen LogP contribution in [0.3, 0.4) is 0 Å². The summed E-state index contributed by atoms with van der Waals surface area (Å²) in [6, 6.07) is 14.1. The van der Waals surface area contributed by atoms with E-state index in [-0.39, 0.29) is 5.56 Å². The van der Waals surface area contributed by atoms with Crippen LogP contribution in [-0.2, 0) is 6.54 Å². The van der Waals surface area contributed by atoms with Crippen molar-refractivity contribution < 1.29 is 9.47 Å². The molecule has 2 aromatic carbocycles. The van der Waals surface area contributed by atoms with Gasteiger partial charge in [-0.3, -0.25) is 9.36 Å². The molecule has 0 unspecified atom stereocenters. The summed E-state index contributed by atoms with van der Waals surface area (Å²) < 4.78 is 12.4. The van der Waals surface area contributed by atoms with E-state index in [2.05, 4.69) is 43.1 Å². The van der Waals surface area contributed by atoms with Crippen LogP contribution in [0.15, 0.2) is 59.0 Å². The van der Waals surface area contributed by atoms with E-state index in [0.29, 0.717) is 29.3 Å². The Morgan fingerprint density at radius 2 is 1.77 bits per heavy atom. The lowest BCUT2D eigenvalue weighted by atomic mass is 10.0. The predicted molar refractivity (Wildman–Crippen MR) is 122 cm³/mol. The first kappa shape index (κ1) is 20.2. The smallest absolute Gasteiger partial charge is 0.263 e. The zero-order chi connectivity index (χ0) is 21.3. The van der Waals surface area contributed by atoms with Gasteiger partial charge >= 0.3 is 0 Å². The predicted octanol–water partition coefficient (Wildman–Crippen LogP) is 5.31. The van der Waals surface area contributed by atoms with Crippen LogP contribution in [0, 0.1) is 0 Å². The van der Waals surface area contributed by atoms with Crippen molar-refractivity contribution >= 4 is 21.6 Å². The highest BCUT2D eigenvalue weighted by Crippen LogP contribution is 2.36. The zero-order valence-electron chi connectivity index (χ0n) is 17.5. The summed E-state index contributed by atoms with van der Waals surface area (Å²) >= 11 is 1.47. The average molecular weight is 421 g/mol. The Kier molecular flexibility index (Phi) is 5.59. The highest BCUT2D eigenvalue weighted by atomic mass is 32.1. The molecule has 30 heavy (non-hydrogen) atoms. The van der Waals surface area contributed by atoms with Gasteiger partial charge in [0.15, 0.2) is 11.5 Å². The Balaban J connectivity index is 1.75. The van der Waals surface area contributed by atoms with Gasteiger partial charge in [-0.15, -0.1) is 11.3 Å². The molecule has 0 radical (unpaired) electrons. The van der Waals surface area contributed by atoms with Crippen LogP contribution >= 0.6 is 11.3 Å². The minimum Gasteiger partial charge on any atom is -0.493 e. The Bertz CT molecular complexity index is 1240. The summed E-state index contributed by atoms with van der Waals surface area (Å²) in [7, 11) is 3.21. The third-order valence-corrected chi connectivity index (χ3v) is 6.14. The highest BCUT2D eigenvalue weighted by molar-refractivity contribution is 7.17. The Morgan fingerprint density at radius 3 is 2.43 bits per heavy atom. The van der Waals surface area contributed by atoms with E-state index in [0.717, 1.165) is 21.5 Å². The van der Waals surface area contributed by atoms with Crippen LogP contribution in [0.2, 0.25) is 0 Å². The van der Waals surface area contributed by atoms with Crippen molar-refractivity contribution in [1.82, 2.24) is 9.55 Å². The van der Waals surface area contributed by atoms with E-state index in [4.69, 9.17) is 9.47 Å². The fourth-order valence-electron chi connectivity index (χ4n) is 3.50. The van der Waals surface area contributed by atoms with E-state index in [1.807, 2.05) is 23.6 Å². The molecule has 0 aliphatic rings. The van der Waals surface area contributed by atoms with Crippen LogP contribution in [-0.4, -0.2) is 23.8 Å². The topological polar surface area (TPSA) is 53.4 Å². The van der Waals surface area contributed by atoms with Crippen LogP contribution in [0.4, 0.5) is 0 Å². The van der Waals surface area contributed by atoms with Gasteiger partial charge in [-0.2, -0.15) is 0 Å². The number of nitrogens with zero attached hydrogens (tertiary/aromatic N) is 2. The minimum atomic E-state index is -0.0426. The SMILES string of the molecule is COc1ccc(-c2csc3ncn(Cc4ccc(C(C)C)cc4)c(=O)c23)cc1OC. The molecule has 0 N–H and O–H groups in total. The largest absolute Gasteiger partial charge is 0.493 e. The molecule has 0 atom stereocenters. The molecular weight excluding hydrogens is 396 g/mol. The number of rotatable bonds is 6. The summed E-state index contributed by atoms with van der Waals surface area (Å²) in [5, 5.41) is 2.61. The standard InChI is InChI=1S/C24H24N2O3S/c1-15(2)17-7-5-16(6-8-17)12-26-14-25-23-22(24(26)27)19(13-30-23)18-9-10-20(28-3)21(11-18)29-4/h5-11,13-15H,12H2,1-4H3. The molecule has 0 saturated carbocycles. The number of thiophene rings is 1. The number of aromatic nitrogens is 2. The van der Waals surface area contributed by atoms with Crippen molar-refractivity contribution in [2.75, 3.05) is 14.2 Å². The molecule has 0 fully saturated rings. The summed E-state index contributed by atoms with van der Waals surface area (Å²) in [6.07, 6.45) is 1.63. The molecule has 4 aromatic rings. The molecule has 0 aliphatic carbocycles. The first-order chi connectivity index (χ1) is 14.5. The van der Waals surface area contributed by atoms with Gasteiger partial charge in [0.05, 0.1) is 32.5 Å². The fourth-order valence-corrected chi connectivity index (χ4v) is 4.41. The third kappa shape index (κ3) is 3.71. The number of hydrogen-bond acceptors (Lipinski definition) is 5. The molecule has 2 aromatic heterocycles. The van der Waals surface area contributed by atoms with Gasteiger partial charge in [0.2, 0.25) is 0 Å². The van der Waals surface area contributed by atoms with Crippen LogP contribution in [0.1, 0.15) is 30.9 Å². The zero-order valence-corrected chi connectivity index (χ0v) is 18.3. The second-order valence-electron chi connectivity index (χ2n) is 7.47. The van der Waals surface area contributed by atoms with Gasteiger partial charge in [-0.05, 0) is 34.7 Å². The second-order valence-corrected chi connectivity index (χ2v) is 8.33. The van der Waals surface area contributed by atoms with Crippen molar-refractivity contribution in [1.29, 1.82) is 0 Å². The molecule has 2 heterocycles. The Morgan fingerprint density at radius 1 is 1.03 bits per heavy atom. The lowest BCUT2D eigenvalue weighted by molar-refractivity contribution is 0.355. The average Bonchev–Trinajstić information content (AvgIpc) is 3.20. The first-order valence-electron chi connectivity index (χ1n) is 9.79. The van der Waals surface area contributed by atoms with Crippen LogP contribution in [0.25, 0.3) is 21.3 Å². The molecule has 4 rings (SSSR count). The first-order valence-corrected chi connectivity index (χ1v) is 10.7. The van der Waals surface area contributed by atoms with Gasteiger partial charge in [0, 0.05) is 10.9 Å². The van der Waals surface area contributed by atoms with E-state index < -0.39 is 0 Å². The van der Waals surface area contributed by atoms with Crippen LogP contribution in [0.5, 0.6) is 11.5 Å². The fraction of sp³-hybridized carbons (Fsp3) is 0.250. The molecule has 0 aliphatic heterocycles. The van der Waals surface area contributed by atoms with Crippen molar-refractivity contribution in [3.8, 4) is 22.6 Å². The van der Waals surface area contributed by atoms with E-state index in [9.17, 15) is 4.79 Å². The van der Waals surface area contributed by atoms with Crippen molar-refractivity contribution in [2.45, 2.75) is 26.3 Å². The third-order valence-electron chi connectivity index (χ3n) is 5.25. The maximum absolute atomic E-state index is 13.3. The molecule has 5 nitrogen and oxygen atoms in total. The monoisotopic (exact) mass is 420 g/mol. The normalized spacial score (nSPS) is 11.2. The quantitative estimate of drug-likeness (QED) is 0.424. The van der Waals surface area contributed by atoms with Gasteiger partial charge in [-0.1, -0.05) is 44.2 Å². The molecule has 0 bridgehead atoms. The molecular formula is C24H24N2O3S. The number of methoxy groups -OCH3 is 2. The summed E-state index contributed by atoms with van der Waals surface area (Å²) in [5.74, 6) is 1.76.